The van der Waals surface area contributed by atoms with Gasteiger partial charge in [-0.2, -0.15) is 0 Å². The first-order valence-electron chi connectivity index (χ1n) is 9.47. The molecule has 8 heteroatoms. The number of hydrogen-bond donors (Lipinski definition) is 2. The van der Waals surface area contributed by atoms with E-state index in [9.17, 15) is 19.2 Å². The molecule has 0 aromatic heterocycles. The highest BCUT2D eigenvalue weighted by Crippen LogP contribution is 2.38. The van der Waals surface area contributed by atoms with E-state index in [2.05, 4.69) is 17.6 Å². The van der Waals surface area contributed by atoms with Crippen molar-refractivity contribution in [2.24, 2.45) is 5.92 Å². The van der Waals surface area contributed by atoms with Crippen molar-refractivity contribution >= 4 is 23.8 Å². The lowest BCUT2D eigenvalue weighted by atomic mass is 9.73. The highest BCUT2D eigenvalue weighted by atomic mass is 16.5. The molecule has 2 N–H and O–H groups in total. The Labute approximate surface area is 154 Å². The van der Waals surface area contributed by atoms with Gasteiger partial charge in [0.05, 0.1) is 0 Å². The van der Waals surface area contributed by atoms with Crippen molar-refractivity contribution in [3.05, 3.63) is 0 Å². The van der Waals surface area contributed by atoms with Gasteiger partial charge in [-0.3, -0.25) is 19.3 Å². The van der Waals surface area contributed by atoms with Gasteiger partial charge in [0, 0.05) is 6.54 Å². The van der Waals surface area contributed by atoms with Gasteiger partial charge in [-0.15, -0.1) is 0 Å². The number of esters is 1. The number of nitrogens with zero attached hydrogens (tertiary/aromatic N) is 1. The number of urea groups is 1. The predicted molar refractivity (Wildman–Crippen MR) is 94.1 cm³/mol. The maximum atomic E-state index is 12.7. The summed E-state index contributed by atoms with van der Waals surface area (Å²) in [4.78, 5) is 49.4. The first-order chi connectivity index (χ1) is 12.4. The summed E-state index contributed by atoms with van der Waals surface area (Å²) in [5.41, 5.74) is -0.897. The molecule has 0 unspecified atom stereocenters. The third-order valence-corrected chi connectivity index (χ3v) is 5.26. The number of carbonyl (C=O) groups is 4. The van der Waals surface area contributed by atoms with Gasteiger partial charge in [0.2, 0.25) is 0 Å². The summed E-state index contributed by atoms with van der Waals surface area (Å²) in [5.74, 6) is -1.49. The van der Waals surface area contributed by atoms with E-state index >= 15 is 0 Å². The molecule has 1 heterocycles. The molecular formula is C18H29N3O5. The van der Waals surface area contributed by atoms with Crippen LogP contribution in [0.15, 0.2) is 0 Å². The number of hydrogen-bond acceptors (Lipinski definition) is 5. The fourth-order valence-electron chi connectivity index (χ4n) is 3.61. The fraction of sp³-hybridized carbons (Fsp3) is 0.778. The first-order valence-corrected chi connectivity index (χ1v) is 9.47. The Bertz CT molecular complexity index is 565. The highest BCUT2D eigenvalue weighted by molar-refractivity contribution is 6.09. The second-order valence-corrected chi connectivity index (χ2v) is 7.16. The summed E-state index contributed by atoms with van der Waals surface area (Å²) >= 11 is 0. The zero-order valence-corrected chi connectivity index (χ0v) is 15.6. The van der Waals surface area contributed by atoms with Crippen LogP contribution < -0.4 is 10.6 Å². The molecule has 1 aliphatic carbocycles. The Morgan fingerprint density at radius 2 is 2.08 bits per heavy atom. The third-order valence-electron chi connectivity index (χ3n) is 5.26. The van der Waals surface area contributed by atoms with Crippen LogP contribution in [0, 0.1) is 5.92 Å². The van der Waals surface area contributed by atoms with Crippen LogP contribution in [0.5, 0.6) is 0 Å². The van der Waals surface area contributed by atoms with E-state index in [1.54, 1.807) is 0 Å². The Morgan fingerprint density at radius 1 is 1.31 bits per heavy atom. The molecule has 2 aliphatic rings. The summed E-state index contributed by atoms with van der Waals surface area (Å²) in [7, 11) is 0. The van der Waals surface area contributed by atoms with Crippen molar-refractivity contribution in [1.82, 2.24) is 15.5 Å². The molecule has 0 bridgehead atoms. The second-order valence-electron chi connectivity index (χ2n) is 7.16. The minimum Gasteiger partial charge on any atom is -0.454 e. The van der Waals surface area contributed by atoms with Crippen LogP contribution in [0.1, 0.15) is 58.8 Å². The van der Waals surface area contributed by atoms with Crippen molar-refractivity contribution in [1.29, 1.82) is 0 Å². The largest absolute Gasteiger partial charge is 0.454 e. The van der Waals surface area contributed by atoms with Crippen LogP contribution in [-0.4, -0.2) is 54.0 Å². The summed E-state index contributed by atoms with van der Waals surface area (Å²) in [6, 6.07) is -0.565. The maximum absolute atomic E-state index is 12.7. The molecule has 8 nitrogen and oxygen atoms in total. The van der Waals surface area contributed by atoms with E-state index in [0.717, 1.165) is 43.4 Å². The van der Waals surface area contributed by atoms with Crippen LogP contribution in [-0.2, 0) is 19.1 Å². The molecule has 146 valence electrons. The smallest absolute Gasteiger partial charge is 0.326 e. The molecule has 0 aromatic carbocycles. The summed E-state index contributed by atoms with van der Waals surface area (Å²) in [5, 5.41) is 5.44. The maximum Gasteiger partial charge on any atom is 0.326 e. The molecule has 1 saturated carbocycles. The van der Waals surface area contributed by atoms with E-state index in [1.807, 2.05) is 6.92 Å². The Hall–Kier alpha value is -2.12. The molecule has 2 fully saturated rings. The van der Waals surface area contributed by atoms with Crippen LogP contribution in [0.4, 0.5) is 4.79 Å². The van der Waals surface area contributed by atoms with Gasteiger partial charge in [0.1, 0.15) is 12.1 Å². The molecular weight excluding hydrogens is 338 g/mol. The topological polar surface area (TPSA) is 105 Å². The lowest BCUT2D eigenvalue weighted by molar-refractivity contribution is -0.151. The van der Waals surface area contributed by atoms with E-state index in [4.69, 9.17) is 4.74 Å². The minimum atomic E-state index is -0.897. The molecule has 0 aromatic rings. The molecule has 1 spiro atoms. The Balaban J connectivity index is 1.80. The average Bonchev–Trinajstić information content (AvgIpc) is 2.84. The van der Waals surface area contributed by atoms with Crippen molar-refractivity contribution in [3.63, 3.8) is 0 Å². The van der Waals surface area contributed by atoms with E-state index in [-0.39, 0.29) is 17.7 Å². The SMILES string of the molecule is CCCCCNC(=O)COC(=O)CN1C(=O)N[C@]2(CCCC[C@@H]2C)C1=O. The number of nitrogens with one attached hydrogen (secondary N) is 2. The van der Waals surface area contributed by atoms with E-state index < -0.39 is 30.7 Å². The van der Waals surface area contributed by atoms with Crippen molar-refractivity contribution in [3.8, 4) is 0 Å². The number of imide groups is 1. The molecule has 1 saturated heterocycles. The van der Waals surface area contributed by atoms with Crippen molar-refractivity contribution in [2.45, 2.75) is 64.3 Å². The summed E-state index contributed by atoms with van der Waals surface area (Å²) < 4.78 is 4.90. The van der Waals surface area contributed by atoms with E-state index in [1.165, 1.54) is 0 Å². The van der Waals surface area contributed by atoms with E-state index in [0.29, 0.717) is 13.0 Å². The predicted octanol–water partition coefficient (Wildman–Crippen LogP) is 1.34. The molecule has 2 rings (SSSR count). The second kappa shape index (κ2) is 9.00. The van der Waals surface area contributed by atoms with Gasteiger partial charge in [0.25, 0.3) is 11.8 Å². The standard InChI is InChI=1S/C18H29N3O5/c1-3-4-7-10-19-14(22)12-26-15(23)11-21-16(24)18(20-17(21)25)9-6-5-8-13(18)2/h13H,3-12H2,1-2H3,(H,19,22)(H,20,25)/t13-,18-/m0/s1. The average molecular weight is 367 g/mol. The molecule has 4 amide bonds. The van der Waals surface area contributed by atoms with Crippen LogP contribution in [0.3, 0.4) is 0 Å². The minimum absolute atomic E-state index is 0.0302. The molecule has 26 heavy (non-hydrogen) atoms. The van der Waals surface area contributed by atoms with Gasteiger partial charge >= 0.3 is 12.0 Å². The summed E-state index contributed by atoms with van der Waals surface area (Å²) in [6.45, 7) is 3.68. The molecule has 1 aliphatic heterocycles. The highest BCUT2D eigenvalue weighted by Gasteiger charge is 2.55. The number of unbranched alkanes of at least 4 members (excludes halogenated alkanes) is 2. The van der Waals surface area contributed by atoms with Crippen LogP contribution in [0.25, 0.3) is 0 Å². The summed E-state index contributed by atoms with van der Waals surface area (Å²) in [6.07, 6.45) is 6.30. The zero-order valence-electron chi connectivity index (χ0n) is 15.6. The normalized spacial score (nSPS) is 25.3. The molecule has 2 atom stereocenters. The third kappa shape index (κ3) is 4.53. The van der Waals surface area contributed by atoms with Gasteiger partial charge in [-0.1, -0.05) is 39.5 Å². The quantitative estimate of drug-likeness (QED) is 0.383. The number of ether oxygens (including phenoxy) is 1. The Kier molecular flexibility index (Phi) is 6.99. The fourth-order valence-corrected chi connectivity index (χ4v) is 3.61. The van der Waals surface area contributed by atoms with Gasteiger partial charge in [-0.05, 0) is 25.2 Å². The number of amides is 4. The first kappa shape index (κ1) is 20.2. The van der Waals surface area contributed by atoms with Gasteiger partial charge in [0.15, 0.2) is 6.61 Å². The number of carbonyl (C=O) groups excluding carboxylic acids is 4. The van der Waals surface area contributed by atoms with Gasteiger partial charge in [-0.25, -0.2) is 4.79 Å². The van der Waals surface area contributed by atoms with Crippen molar-refractivity contribution in [2.75, 3.05) is 19.7 Å². The molecule has 0 radical (unpaired) electrons. The van der Waals surface area contributed by atoms with Crippen LogP contribution in [0.2, 0.25) is 0 Å². The Morgan fingerprint density at radius 3 is 2.77 bits per heavy atom. The van der Waals surface area contributed by atoms with Gasteiger partial charge < -0.3 is 15.4 Å². The monoisotopic (exact) mass is 367 g/mol. The lowest BCUT2D eigenvalue weighted by Gasteiger charge is -2.36. The number of rotatable bonds is 8. The van der Waals surface area contributed by atoms with Crippen molar-refractivity contribution < 1.29 is 23.9 Å². The zero-order chi connectivity index (χ0) is 19.2. The lowest BCUT2D eigenvalue weighted by Crippen LogP contribution is -2.54. The van der Waals surface area contributed by atoms with Crippen LogP contribution >= 0.6 is 0 Å².